The van der Waals surface area contributed by atoms with Crippen LogP contribution in [0.1, 0.15) is 6.92 Å². The van der Waals surface area contributed by atoms with E-state index in [2.05, 4.69) is 4.98 Å². The highest BCUT2D eigenvalue weighted by atomic mass is 19.1. The molecule has 2 N–H and O–H groups in total. The molecule has 0 amide bonds. The second-order valence-corrected chi connectivity index (χ2v) is 4.49. The number of benzene rings is 2. The van der Waals surface area contributed by atoms with Crippen LogP contribution in [0.25, 0.3) is 16.7 Å². The third kappa shape index (κ3) is 2.29. The van der Waals surface area contributed by atoms with Gasteiger partial charge in [-0.1, -0.05) is 6.07 Å². The van der Waals surface area contributed by atoms with Crippen LogP contribution in [0, 0.1) is 11.6 Å². The molecule has 1 aromatic heterocycles. The van der Waals surface area contributed by atoms with Crippen LogP contribution in [-0.2, 0) is 0 Å². The van der Waals surface area contributed by atoms with Crippen molar-refractivity contribution in [3.8, 4) is 11.4 Å². The molecule has 0 radical (unpaired) electrons. The number of imidazole rings is 1. The lowest BCUT2D eigenvalue weighted by Gasteiger charge is -2.08. The Morgan fingerprint density at radius 1 is 1.19 bits per heavy atom. The quantitative estimate of drug-likeness (QED) is 0.805. The zero-order valence-electron chi connectivity index (χ0n) is 11.3. The maximum absolute atomic E-state index is 13.4. The Kier molecular flexibility index (Phi) is 3.21. The number of nitrogen functional groups attached to an aromatic ring is 1. The Morgan fingerprint density at radius 3 is 2.57 bits per heavy atom. The first-order valence-corrected chi connectivity index (χ1v) is 6.46. The van der Waals surface area contributed by atoms with Crippen molar-refractivity contribution in [1.29, 1.82) is 0 Å². The summed E-state index contributed by atoms with van der Waals surface area (Å²) in [7, 11) is 0. The molecule has 0 fully saturated rings. The van der Waals surface area contributed by atoms with E-state index in [-0.39, 0.29) is 11.6 Å². The van der Waals surface area contributed by atoms with Crippen molar-refractivity contribution >= 4 is 17.0 Å². The lowest BCUT2D eigenvalue weighted by molar-refractivity contribution is 0.344. The number of aromatic nitrogens is 2. The zero-order valence-corrected chi connectivity index (χ0v) is 11.3. The summed E-state index contributed by atoms with van der Waals surface area (Å²) >= 11 is 0. The van der Waals surface area contributed by atoms with E-state index in [0.29, 0.717) is 23.4 Å². The molecule has 0 unspecified atom stereocenters. The molecule has 1 heterocycles. The summed E-state index contributed by atoms with van der Waals surface area (Å²) in [6.07, 6.45) is 0. The first-order chi connectivity index (χ1) is 10.1. The molecule has 0 atom stereocenters. The number of fused-ring (bicyclic) bond motifs is 1. The zero-order chi connectivity index (χ0) is 15.0. The van der Waals surface area contributed by atoms with Crippen LogP contribution in [0.5, 0.6) is 5.75 Å². The number of hydrogen-bond donors (Lipinski definition) is 1. The van der Waals surface area contributed by atoms with Gasteiger partial charge in [0.05, 0.1) is 17.8 Å². The standard InChI is InChI=1S/C15H13F2N3O/c1-2-21-13-5-3-4-12-14(13)19-15(18)20(12)11-7-9(16)6-10(17)8-11/h3-8H,2H2,1H3,(H2,18,19). The van der Waals surface area contributed by atoms with Gasteiger partial charge in [0.2, 0.25) is 5.95 Å². The summed E-state index contributed by atoms with van der Waals surface area (Å²) in [4.78, 5) is 4.24. The largest absolute Gasteiger partial charge is 0.492 e. The third-order valence-corrected chi connectivity index (χ3v) is 3.08. The summed E-state index contributed by atoms with van der Waals surface area (Å²) in [6.45, 7) is 2.35. The average Bonchev–Trinajstić information content (AvgIpc) is 2.75. The van der Waals surface area contributed by atoms with Crippen LogP contribution in [0.15, 0.2) is 36.4 Å². The molecule has 21 heavy (non-hydrogen) atoms. The molecule has 0 aliphatic rings. The van der Waals surface area contributed by atoms with Gasteiger partial charge in [0.25, 0.3) is 0 Å². The van der Waals surface area contributed by atoms with E-state index in [0.717, 1.165) is 6.07 Å². The number of anilines is 1. The third-order valence-electron chi connectivity index (χ3n) is 3.08. The van der Waals surface area contributed by atoms with Crippen LogP contribution >= 0.6 is 0 Å². The summed E-state index contributed by atoms with van der Waals surface area (Å²) in [6, 6.07) is 8.53. The minimum atomic E-state index is -0.674. The summed E-state index contributed by atoms with van der Waals surface area (Å²) in [5, 5.41) is 0. The molecular weight excluding hydrogens is 276 g/mol. The van der Waals surface area contributed by atoms with Crippen molar-refractivity contribution < 1.29 is 13.5 Å². The lowest BCUT2D eigenvalue weighted by atomic mass is 10.2. The SMILES string of the molecule is CCOc1cccc2c1nc(N)n2-c1cc(F)cc(F)c1. The van der Waals surface area contributed by atoms with Crippen molar-refractivity contribution in [3.63, 3.8) is 0 Å². The van der Waals surface area contributed by atoms with Crippen LogP contribution < -0.4 is 10.5 Å². The second kappa shape index (κ2) is 5.05. The fourth-order valence-electron chi connectivity index (χ4n) is 2.30. The van der Waals surface area contributed by atoms with Gasteiger partial charge in [0.15, 0.2) is 0 Å². The average molecular weight is 289 g/mol. The van der Waals surface area contributed by atoms with Gasteiger partial charge in [-0.05, 0) is 31.2 Å². The van der Waals surface area contributed by atoms with Gasteiger partial charge in [-0.25, -0.2) is 13.8 Å². The maximum atomic E-state index is 13.4. The van der Waals surface area contributed by atoms with E-state index < -0.39 is 11.6 Å². The Bertz CT molecular complexity index is 794. The van der Waals surface area contributed by atoms with Gasteiger partial charge in [-0.2, -0.15) is 0 Å². The van der Waals surface area contributed by atoms with Crippen LogP contribution in [0.2, 0.25) is 0 Å². The topological polar surface area (TPSA) is 53.1 Å². The highest BCUT2D eigenvalue weighted by Gasteiger charge is 2.14. The number of para-hydroxylation sites is 1. The van der Waals surface area contributed by atoms with Crippen molar-refractivity contribution in [2.24, 2.45) is 0 Å². The van der Waals surface area contributed by atoms with E-state index in [1.165, 1.54) is 16.7 Å². The molecule has 0 aliphatic heterocycles. The molecule has 2 aromatic carbocycles. The van der Waals surface area contributed by atoms with Gasteiger partial charge in [-0.3, -0.25) is 4.57 Å². The predicted molar refractivity (Wildman–Crippen MR) is 76.6 cm³/mol. The van der Waals surface area contributed by atoms with E-state index in [1.807, 2.05) is 6.92 Å². The summed E-state index contributed by atoms with van der Waals surface area (Å²) in [5.74, 6) is -0.626. The smallest absolute Gasteiger partial charge is 0.206 e. The second-order valence-electron chi connectivity index (χ2n) is 4.49. The fraction of sp³-hybridized carbons (Fsp3) is 0.133. The molecular formula is C15H13F2N3O. The van der Waals surface area contributed by atoms with E-state index in [1.54, 1.807) is 18.2 Å². The number of halogens is 2. The minimum absolute atomic E-state index is 0.141. The summed E-state index contributed by atoms with van der Waals surface area (Å²) in [5.41, 5.74) is 7.37. The summed E-state index contributed by atoms with van der Waals surface area (Å²) < 4.78 is 33.8. The number of rotatable bonds is 3. The number of nitrogens with zero attached hydrogens (tertiary/aromatic N) is 2. The van der Waals surface area contributed by atoms with E-state index >= 15 is 0 Å². The Hall–Kier alpha value is -2.63. The van der Waals surface area contributed by atoms with Crippen molar-refractivity contribution in [2.75, 3.05) is 12.3 Å². The van der Waals surface area contributed by atoms with Gasteiger partial charge < -0.3 is 10.5 Å². The van der Waals surface area contributed by atoms with Crippen molar-refractivity contribution in [3.05, 3.63) is 48.0 Å². The predicted octanol–water partition coefficient (Wildman–Crippen LogP) is 3.28. The van der Waals surface area contributed by atoms with Gasteiger partial charge in [-0.15, -0.1) is 0 Å². The minimum Gasteiger partial charge on any atom is -0.492 e. The van der Waals surface area contributed by atoms with Crippen molar-refractivity contribution in [2.45, 2.75) is 6.92 Å². The maximum Gasteiger partial charge on any atom is 0.206 e. The van der Waals surface area contributed by atoms with Gasteiger partial charge in [0, 0.05) is 6.07 Å². The lowest BCUT2D eigenvalue weighted by Crippen LogP contribution is -2.01. The monoisotopic (exact) mass is 289 g/mol. The first kappa shape index (κ1) is 13.4. The molecule has 108 valence electrons. The van der Waals surface area contributed by atoms with Crippen molar-refractivity contribution in [1.82, 2.24) is 9.55 Å². The van der Waals surface area contributed by atoms with E-state index in [4.69, 9.17) is 10.5 Å². The Balaban J connectivity index is 2.27. The molecule has 4 nitrogen and oxygen atoms in total. The molecule has 0 aliphatic carbocycles. The molecule has 0 saturated carbocycles. The van der Waals surface area contributed by atoms with Crippen LogP contribution in [0.4, 0.5) is 14.7 Å². The highest BCUT2D eigenvalue weighted by Crippen LogP contribution is 2.30. The molecule has 0 spiro atoms. The number of hydrogen-bond acceptors (Lipinski definition) is 3. The molecule has 3 rings (SSSR count). The number of ether oxygens (including phenoxy) is 1. The van der Waals surface area contributed by atoms with Gasteiger partial charge >= 0.3 is 0 Å². The fourth-order valence-corrected chi connectivity index (χ4v) is 2.30. The first-order valence-electron chi connectivity index (χ1n) is 6.46. The van der Waals surface area contributed by atoms with Crippen LogP contribution in [-0.4, -0.2) is 16.2 Å². The Labute approximate surface area is 119 Å². The van der Waals surface area contributed by atoms with E-state index in [9.17, 15) is 8.78 Å². The Morgan fingerprint density at radius 2 is 1.90 bits per heavy atom. The van der Waals surface area contributed by atoms with Crippen LogP contribution in [0.3, 0.4) is 0 Å². The molecule has 6 heteroatoms. The number of nitrogens with two attached hydrogens (primary N) is 1. The highest BCUT2D eigenvalue weighted by molar-refractivity contribution is 5.86. The molecule has 0 saturated heterocycles. The molecule has 3 aromatic rings. The normalized spacial score (nSPS) is 11.0. The molecule has 0 bridgehead atoms. The van der Waals surface area contributed by atoms with Gasteiger partial charge in [0.1, 0.15) is 22.9 Å².